The molecule has 0 unspecified atom stereocenters. The maximum atomic E-state index is 13.9. The molecule has 32 heavy (non-hydrogen) atoms. The summed E-state index contributed by atoms with van der Waals surface area (Å²) in [6, 6.07) is 4.32. The van der Waals surface area contributed by atoms with Gasteiger partial charge < -0.3 is 20.2 Å². The molecule has 0 bridgehead atoms. The number of nitrogens with zero attached hydrogens (tertiary/aromatic N) is 4. The van der Waals surface area contributed by atoms with Gasteiger partial charge in [-0.25, -0.2) is 4.39 Å². The van der Waals surface area contributed by atoms with E-state index in [2.05, 4.69) is 15.4 Å². The van der Waals surface area contributed by atoms with E-state index in [-0.39, 0.29) is 21.4 Å². The maximum Gasteiger partial charge on any atom is 0.406 e. The lowest BCUT2D eigenvalue weighted by Gasteiger charge is -2.22. The van der Waals surface area contributed by atoms with E-state index in [0.29, 0.717) is 11.6 Å². The Hall–Kier alpha value is -2.75. The minimum atomic E-state index is -0.862. The van der Waals surface area contributed by atoms with Crippen LogP contribution in [0.2, 0.25) is 10.0 Å². The van der Waals surface area contributed by atoms with Gasteiger partial charge in [0.1, 0.15) is 18.1 Å². The number of nitrogens with one attached hydrogen (secondary N) is 1. The summed E-state index contributed by atoms with van der Waals surface area (Å²) in [4.78, 5) is 14.8. The fourth-order valence-corrected chi connectivity index (χ4v) is 4.42. The highest BCUT2D eigenvalue weighted by Crippen LogP contribution is 2.38. The molecule has 0 spiro atoms. The second-order valence-corrected chi connectivity index (χ2v) is 8.30. The van der Waals surface area contributed by atoms with Gasteiger partial charge >= 0.3 is 5.82 Å². The van der Waals surface area contributed by atoms with Gasteiger partial charge in [0, 0.05) is 34.0 Å². The first-order valence-corrected chi connectivity index (χ1v) is 10.8. The van der Waals surface area contributed by atoms with Gasteiger partial charge in [0.2, 0.25) is 5.75 Å². The fourth-order valence-electron chi connectivity index (χ4n) is 3.74. The highest BCUT2D eigenvalue weighted by molar-refractivity contribution is 6.36. The zero-order chi connectivity index (χ0) is 22.8. The van der Waals surface area contributed by atoms with Crippen LogP contribution in [0.3, 0.4) is 0 Å². The van der Waals surface area contributed by atoms with Crippen LogP contribution in [0, 0.1) is 15.9 Å². The van der Waals surface area contributed by atoms with Crippen molar-refractivity contribution in [3.8, 4) is 16.9 Å². The molecule has 2 aromatic heterocycles. The first-order valence-electron chi connectivity index (χ1n) is 10.0. The number of nitro groups is 1. The van der Waals surface area contributed by atoms with Gasteiger partial charge in [-0.3, -0.25) is 4.68 Å². The Bertz CT molecular complexity index is 1150. The van der Waals surface area contributed by atoms with Crippen molar-refractivity contribution < 1.29 is 14.1 Å². The number of hydrogen-bond acceptors (Lipinski definition) is 6. The van der Waals surface area contributed by atoms with Crippen LogP contribution in [0.5, 0.6) is 5.75 Å². The zero-order valence-corrected chi connectivity index (χ0v) is 18.6. The molecule has 1 atom stereocenters. The van der Waals surface area contributed by atoms with Crippen LogP contribution in [0.4, 0.5) is 10.2 Å². The van der Waals surface area contributed by atoms with Crippen molar-refractivity contribution in [3.63, 3.8) is 0 Å². The topological polar surface area (TPSA) is 95.1 Å². The summed E-state index contributed by atoms with van der Waals surface area (Å²) >= 11 is 12.2. The highest BCUT2D eigenvalue weighted by Gasteiger charge is 2.25. The van der Waals surface area contributed by atoms with E-state index in [1.54, 1.807) is 13.1 Å². The number of rotatable bonds is 6. The van der Waals surface area contributed by atoms with Crippen LogP contribution in [0.15, 0.2) is 36.8 Å². The molecule has 11 heteroatoms. The van der Waals surface area contributed by atoms with Crippen LogP contribution in [0.1, 0.15) is 37.5 Å². The average molecular weight is 480 g/mol. The summed E-state index contributed by atoms with van der Waals surface area (Å²) in [5, 5.41) is 19.3. The Morgan fingerprint density at radius 3 is 2.75 bits per heavy atom. The summed E-state index contributed by atoms with van der Waals surface area (Å²) < 4.78 is 21.7. The Morgan fingerprint density at radius 2 is 2.03 bits per heavy atom. The molecule has 1 saturated heterocycles. The molecule has 1 aliphatic rings. The van der Waals surface area contributed by atoms with Gasteiger partial charge in [0.25, 0.3) is 0 Å². The van der Waals surface area contributed by atoms with Gasteiger partial charge in [-0.05, 0) is 54.9 Å². The molecule has 3 heterocycles. The Labute approximate surface area is 193 Å². The molecule has 1 N–H and O–H groups in total. The minimum Gasteiger partial charge on any atom is -0.478 e. The molecule has 0 radical (unpaired) electrons. The van der Waals surface area contributed by atoms with Crippen molar-refractivity contribution in [1.82, 2.24) is 20.1 Å². The maximum absolute atomic E-state index is 13.9. The van der Waals surface area contributed by atoms with Crippen LogP contribution in [0.25, 0.3) is 11.1 Å². The van der Waals surface area contributed by atoms with E-state index in [9.17, 15) is 14.5 Å². The standard InChI is InChI=1S/C21H20Cl2FN5O3/c1-12(19-16(22)2-3-17(24)20(19)23)32-18-8-13(9-26-21(18)29(30)31)14-10-27-28(11-14)15-4-6-25-7-5-15/h2-3,8-12,15,25H,4-7H2,1H3/t12-/m1/s1. The number of halogens is 3. The fraction of sp³-hybridized carbons (Fsp3) is 0.333. The molecular weight excluding hydrogens is 460 g/mol. The molecule has 4 rings (SSSR count). The summed E-state index contributed by atoms with van der Waals surface area (Å²) in [7, 11) is 0. The average Bonchev–Trinajstić information content (AvgIpc) is 3.27. The van der Waals surface area contributed by atoms with E-state index in [4.69, 9.17) is 27.9 Å². The molecular formula is C21H20Cl2FN5O3. The van der Waals surface area contributed by atoms with E-state index >= 15 is 0 Å². The summed E-state index contributed by atoms with van der Waals surface area (Å²) in [6.45, 7) is 3.44. The highest BCUT2D eigenvalue weighted by atomic mass is 35.5. The van der Waals surface area contributed by atoms with Gasteiger partial charge in [-0.15, -0.1) is 0 Å². The van der Waals surface area contributed by atoms with Gasteiger partial charge in [0.05, 0.1) is 17.3 Å². The van der Waals surface area contributed by atoms with E-state index < -0.39 is 22.7 Å². The summed E-state index contributed by atoms with van der Waals surface area (Å²) in [5.74, 6) is -1.20. The predicted molar refractivity (Wildman–Crippen MR) is 119 cm³/mol. The zero-order valence-electron chi connectivity index (χ0n) is 17.1. The van der Waals surface area contributed by atoms with Crippen molar-refractivity contribution in [2.75, 3.05) is 13.1 Å². The summed E-state index contributed by atoms with van der Waals surface area (Å²) in [6.07, 6.45) is 6.08. The largest absolute Gasteiger partial charge is 0.478 e. The quantitative estimate of drug-likeness (QED) is 0.290. The number of benzene rings is 1. The van der Waals surface area contributed by atoms with Crippen LogP contribution < -0.4 is 10.1 Å². The minimum absolute atomic E-state index is 0.0778. The third-order valence-corrected chi connectivity index (χ3v) is 6.13. The predicted octanol–water partition coefficient (Wildman–Crippen LogP) is 5.36. The SMILES string of the molecule is C[C@@H](Oc1cc(-c2cnn(C3CCNCC3)c2)cnc1[N+](=O)[O-])c1c(Cl)ccc(F)c1Cl. The Kier molecular flexibility index (Phi) is 6.59. The van der Waals surface area contributed by atoms with Crippen LogP contribution in [-0.4, -0.2) is 32.8 Å². The molecule has 1 fully saturated rings. The van der Waals surface area contributed by atoms with Crippen molar-refractivity contribution in [2.45, 2.75) is 31.9 Å². The molecule has 3 aromatic rings. The van der Waals surface area contributed by atoms with E-state index in [0.717, 1.165) is 37.6 Å². The number of ether oxygens (including phenoxy) is 1. The number of hydrogen-bond donors (Lipinski definition) is 1. The first-order chi connectivity index (χ1) is 15.3. The van der Waals surface area contributed by atoms with Crippen molar-refractivity contribution >= 4 is 29.0 Å². The van der Waals surface area contributed by atoms with E-state index in [1.807, 2.05) is 10.9 Å². The third kappa shape index (κ3) is 4.55. The van der Waals surface area contributed by atoms with Gasteiger partial charge in [0.15, 0.2) is 0 Å². The lowest BCUT2D eigenvalue weighted by atomic mass is 10.1. The number of pyridine rings is 1. The number of aromatic nitrogens is 3. The Balaban J connectivity index is 1.65. The smallest absolute Gasteiger partial charge is 0.406 e. The summed E-state index contributed by atoms with van der Waals surface area (Å²) in [5.41, 5.74) is 1.56. The molecule has 0 saturated carbocycles. The van der Waals surface area contributed by atoms with Crippen molar-refractivity contribution in [1.29, 1.82) is 0 Å². The molecule has 1 aliphatic heterocycles. The second kappa shape index (κ2) is 9.40. The molecule has 0 amide bonds. The van der Waals surface area contributed by atoms with E-state index in [1.165, 1.54) is 18.3 Å². The van der Waals surface area contributed by atoms with Crippen molar-refractivity contribution in [3.05, 3.63) is 68.3 Å². The third-order valence-electron chi connectivity index (χ3n) is 5.41. The van der Waals surface area contributed by atoms with Gasteiger partial charge in [-0.1, -0.05) is 23.2 Å². The molecule has 8 nitrogen and oxygen atoms in total. The van der Waals surface area contributed by atoms with Crippen molar-refractivity contribution in [2.24, 2.45) is 0 Å². The normalized spacial score (nSPS) is 15.5. The van der Waals surface area contributed by atoms with Crippen LogP contribution >= 0.6 is 23.2 Å². The second-order valence-electron chi connectivity index (χ2n) is 7.51. The van der Waals surface area contributed by atoms with Crippen LogP contribution in [-0.2, 0) is 0 Å². The monoisotopic (exact) mass is 479 g/mol. The number of piperidine rings is 1. The molecule has 0 aliphatic carbocycles. The lowest BCUT2D eigenvalue weighted by Crippen LogP contribution is -2.29. The molecule has 168 valence electrons. The lowest BCUT2D eigenvalue weighted by molar-refractivity contribution is -0.390. The molecule has 1 aromatic carbocycles. The first kappa shape index (κ1) is 22.4. The van der Waals surface area contributed by atoms with Gasteiger partial charge in [-0.2, -0.15) is 5.10 Å². The Morgan fingerprint density at radius 1 is 1.28 bits per heavy atom.